The van der Waals surface area contributed by atoms with Crippen LogP contribution < -0.4 is 20.3 Å². The number of nitrogens with one attached hydrogen (secondary N) is 2. The van der Waals surface area contributed by atoms with E-state index in [1.54, 1.807) is 43.8 Å². The standard InChI is InChI=1S/C21H28N4O4S/c1-28-12-9-22-19(26)7-8-23-20(27)15-5-6-18(29-2)16(13-15)17-14-30-21(24-17)25-10-3-4-11-25/h5-6,13-14H,3-4,7-12H2,1-2H3,(H,22,26)(H,23,27). The summed E-state index contributed by atoms with van der Waals surface area (Å²) >= 11 is 1.61. The highest BCUT2D eigenvalue weighted by Crippen LogP contribution is 2.35. The Morgan fingerprint density at radius 3 is 2.70 bits per heavy atom. The quantitative estimate of drug-likeness (QED) is 0.560. The van der Waals surface area contributed by atoms with E-state index < -0.39 is 0 Å². The number of benzene rings is 1. The molecule has 1 aromatic carbocycles. The van der Waals surface area contributed by atoms with Crippen molar-refractivity contribution in [2.24, 2.45) is 0 Å². The van der Waals surface area contributed by atoms with Crippen molar-refractivity contribution in [3.8, 4) is 17.0 Å². The first-order chi connectivity index (χ1) is 14.6. The Morgan fingerprint density at radius 2 is 1.97 bits per heavy atom. The third-order valence-electron chi connectivity index (χ3n) is 4.87. The summed E-state index contributed by atoms with van der Waals surface area (Å²) in [6.45, 7) is 3.24. The van der Waals surface area contributed by atoms with Crippen molar-refractivity contribution < 1.29 is 19.1 Å². The minimum absolute atomic E-state index is 0.125. The van der Waals surface area contributed by atoms with Gasteiger partial charge in [0.15, 0.2) is 5.13 Å². The third kappa shape index (κ3) is 5.70. The van der Waals surface area contributed by atoms with Gasteiger partial charge < -0.3 is 25.0 Å². The van der Waals surface area contributed by atoms with Crippen molar-refractivity contribution in [3.05, 3.63) is 29.1 Å². The van der Waals surface area contributed by atoms with Crippen LogP contribution in [-0.4, -0.2) is 63.8 Å². The Labute approximate surface area is 180 Å². The lowest BCUT2D eigenvalue weighted by Gasteiger charge is -2.13. The number of ether oxygens (including phenoxy) is 2. The number of rotatable bonds is 10. The fraction of sp³-hybridized carbons (Fsp3) is 0.476. The summed E-state index contributed by atoms with van der Waals surface area (Å²) in [6, 6.07) is 5.27. The second-order valence-corrected chi connectivity index (χ2v) is 7.81. The molecule has 2 N–H and O–H groups in total. The minimum atomic E-state index is -0.237. The SMILES string of the molecule is COCCNC(=O)CCNC(=O)c1ccc(OC)c(-c2csc(N3CCCC3)n2)c1. The third-order valence-corrected chi connectivity index (χ3v) is 5.77. The van der Waals surface area contributed by atoms with E-state index >= 15 is 0 Å². The average molecular weight is 433 g/mol. The monoisotopic (exact) mass is 432 g/mol. The zero-order chi connectivity index (χ0) is 21.3. The summed E-state index contributed by atoms with van der Waals surface area (Å²) in [5, 5.41) is 8.51. The maximum absolute atomic E-state index is 12.6. The number of hydrogen-bond acceptors (Lipinski definition) is 7. The van der Waals surface area contributed by atoms with E-state index in [4.69, 9.17) is 14.5 Å². The Hall–Kier alpha value is -2.65. The lowest BCUT2D eigenvalue weighted by atomic mass is 10.1. The van der Waals surface area contributed by atoms with Crippen molar-refractivity contribution >= 4 is 28.3 Å². The van der Waals surface area contributed by atoms with Crippen LogP contribution in [0.5, 0.6) is 5.75 Å². The van der Waals surface area contributed by atoms with E-state index in [9.17, 15) is 9.59 Å². The second-order valence-electron chi connectivity index (χ2n) is 6.97. The van der Waals surface area contributed by atoms with Gasteiger partial charge in [0.05, 0.1) is 19.4 Å². The van der Waals surface area contributed by atoms with Crippen LogP contribution in [-0.2, 0) is 9.53 Å². The molecule has 2 amide bonds. The number of hydrogen-bond donors (Lipinski definition) is 2. The topological polar surface area (TPSA) is 92.8 Å². The lowest BCUT2D eigenvalue weighted by Crippen LogP contribution is -2.32. The van der Waals surface area contributed by atoms with E-state index in [-0.39, 0.29) is 24.8 Å². The Morgan fingerprint density at radius 1 is 1.17 bits per heavy atom. The van der Waals surface area contributed by atoms with Crippen molar-refractivity contribution in [1.29, 1.82) is 0 Å². The predicted molar refractivity (Wildman–Crippen MR) is 117 cm³/mol. The number of carbonyl (C=O) groups excluding carboxylic acids is 2. The summed E-state index contributed by atoms with van der Waals surface area (Å²) in [6.07, 6.45) is 2.60. The molecule has 0 unspecified atom stereocenters. The fourth-order valence-corrected chi connectivity index (χ4v) is 4.14. The molecular weight excluding hydrogens is 404 g/mol. The van der Waals surface area contributed by atoms with Crippen molar-refractivity contribution in [2.45, 2.75) is 19.3 Å². The summed E-state index contributed by atoms with van der Waals surface area (Å²) in [7, 11) is 3.18. The molecule has 0 aliphatic carbocycles. The zero-order valence-electron chi connectivity index (χ0n) is 17.4. The van der Waals surface area contributed by atoms with E-state index in [2.05, 4.69) is 15.5 Å². The lowest BCUT2D eigenvalue weighted by molar-refractivity contribution is -0.121. The molecule has 1 aromatic heterocycles. The van der Waals surface area contributed by atoms with Gasteiger partial charge in [-0.15, -0.1) is 11.3 Å². The van der Waals surface area contributed by atoms with Gasteiger partial charge in [-0.2, -0.15) is 0 Å². The van der Waals surface area contributed by atoms with Gasteiger partial charge in [-0.05, 0) is 31.0 Å². The molecule has 0 radical (unpaired) electrons. The van der Waals surface area contributed by atoms with Gasteiger partial charge in [0.1, 0.15) is 5.75 Å². The Bertz CT molecular complexity index is 864. The highest BCUT2D eigenvalue weighted by Gasteiger charge is 2.18. The molecule has 3 rings (SSSR count). The maximum atomic E-state index is 12.6. The van der Waals surface area contributed by atoms with Crippen molar-refractivity contribution in [2.75, 3.05) is 51.9 Å². The van der Waals surface area contributed by atoms with E-state index in [0.717, 1.165) is 29.5 Å². The van der Waals surface area contributed by atoms with Gasteiger partial charge >= 0.3 is 0 Å². The van der Waals surface area contributed by atoms with E-state index in [0.29, 0.717) is 24.5 Å². The summed E-state index contributed by atoms with van der Waals surface area (Å²) in [5.74, 6) is 0.306. The number of aromatic nitrogens is 1. The van der Waals surface area contributed by atoms with Crippen LogP contribution in [0.15, 0.2) is 23.6 Å². The number of amides is 2. The first-order valence-corrected chi connectivity index (χ1v) is 10.9. The van der Waals surface area contributed by atoms with Crippen LogP contribution in [0.25, 0.3) is 11.3 Å². The smallest absolute Gasteiger partial charge is 0.251 e. The number of nitrogens with zero attached hydrogens (tertiary/aromatic N) is 2. The van der Waals surface area contributed by atoms with Crippen LogP contribution in [0.3, 0.4) is 0 Å². The highest BCUT2D eigenvalue weighted by atomic mass is 32.1. The zero-order valence-corrected chi connectivity index (χ0v) is 18.2. The largest absolute Gasteiger partial charge is 0.496 e. The molecule has 0 bridgehead atoms. The number of methoxy groups -OCH3 is 2. The summed E-state index contributed by atoms with van der Waals surface area (Å²) in [5.41, 5.74) is 2.08. The molecule has 30 heavy (non-hydrogen) atoms. The van der Waals surface area contributed by atoms with Gasteiger partial charge in [-0.3, -0.25) is 9.59 Å². The number of anilines is 1. The second kappa shape index (κ2) is 10.9. The molecule has 9 heteroatoms. The van der Waals surface area contributed by atoms with Gasteiger partial charge in [0.2, 0.25) is 5.91 Å². The van der Waals surface area contributed by atoms with Crippen LogP contribution in [0, 0.1) is 0 Å². The van der Waals surface area contributed by atoms with Gasteiger partial charge in [-0.25, -0.2) is 4.98 Å². The molecule has 1 aliphatic heterocycles. The number of carbonyl (C=O) groups is 2. The fourth-order valence-electron chi connectivity index (χ4n) is 3.26. The molecule has 2 aromatic rings. The Kier molecular flexibility index (Phi) is 8.04. The van der Waals surface area contributed by atoms with Gasteiger partial charge in [-0.1, -0.05) is 0 Å². The molecule has 1 saturated heterocycles. The highest BCUT2D eigenvalue weighted by molar-refractivity contribution is 7.14. The maximum Gasteiger partial charge on any atom is 0.251 e. The van der Waals surface area contributed by atoms with Crippen molar-refractivity contribution in [1.82, 2.24) is 15.6 Å². The molecule has 1 aliphatic rings. The molecule has 0 atom stereocenters. The molecule has 1 fully saturated rings. The summed E-state index contributed by atoms with van der Waals surface area (Å²) in [4.78, 5) is 31.3. The summed E-state index contributed by atoms with van der Waals surface area (Å²) < 4.78 is 10.4. The van der Waals surface area contributed by atoms with Crippen LogP contribution >= 0.6 is 11.3 Å². The molecule has 2 heterocycles. The van der Waals surface area contributed by atoms with Crippen LogP contribution in [0.4, 0.5) is 5.13 Å². The Balaban J connectivity index is 1.64. The minimum Gasteiger partial charge on any atom is -0.496 e. The predicted octanol–water partition coefficient (Wildman–Crippen LogP) is 2.30. The number of thiazole rings is 1. The average Bonchev–Trinajstić information content (AvgIpc) is 3.45. The van der Waals surface area contributed by atoms with E-state index in [1.165, 1.54) is 12.8 Å². The van der Waals surface area contributed by atoms with Gasteiger partial charge in [0, 0.05) is 56.2 Å². The van der Waals surface area contributed by atoms with Crippen LogP contribution in [0.1, 0.15) is 29.6 Å². The molecule has 0 spiro atoms. The molecule has 162 valence electrons. The molecule has 8 nitrogen and oxygen atoms in total. The van der Waals surface area contributed by atoms with Crippen LogP contribution in [0.2, 0.25) is 0 Å². The molecular formula is C21H28N4O4S. The van der Waals surface area contributed by atoms with E-state index in [1.807, 2.05) is 5.38 Å². The normalized spacial score (nSPS) is 13.3. The molecule has 0 saturated carbocycles. The first-order valence-electron chi connectivity index (χ1n) is 10.0. The first kappa shape index (κ1) is 22.0. The van der Waals surface area contributed by atoms with Crippen molar-refractivity contribution in [3.63, 3.8) is 0 Å². The van der Waals surface area contributed by atoms with Gasteiger partial charge in [0.25, 0.3) is 5.91 Å².